The van der Waals surface area contributed by atoms with Crippen molar-refractivity contribution in [3.05, 3.63) is 28.8 Å². The molecule has 5 rings (SSSR count). The minimum atomic E-state index is 0. The van der Waals surface area contributed by atoms with E-state index >= 15 is 0 Å². The molecular weight excluding hydrogens is 379 g/mol. The third-order valence-corrected chi connectivity index (χ3v) is 8.08. The molecule has 3 atom stereocenters. The Kier molecular flexibility index (Phi) is 6.37. The topological polar surface area (TPSA) is 49.5 Å². The van der Waals surface area contributed by atoms with Crippen molar-refractivity contribution >= 4 is 24.8 Å². The summed E-state index contributed by atoms with van der Waals surface area (Å²) >= 11 is 0. The van der Waals surface area contributed by atoms with Gasteiger partial charge in [0.1, 0.15) is 5.75 Å². The van der Waals surface area contributed by atoms with Crippen LogP contribution < -0.4 is 5.73 Å². The number of aromatic hydroxyl groups is 1. The lowest BCUT2D eigenvalue weighted by Gasteiger charge is -2.59. The Bertz CT molecular complexity index is 679. The molecule has 0 aromatic heterocycles. The molecule has 0 radical (unpaired) electrons. The van der Waals surface area contributed by atoms with Crippen LogP contribution in [0.4, 0.5) is 0 Å². The van der Waals surface area contributed by atoms with Crippen molar-refractivity contribution in [1.29, 1.82) is 0 Å². The van der Waals surface area contributed by atoms with Crippen LogP contribution in [0.3, 0.4) is 0 Å². The Balaban J connectivity index is 0.00000105. The Morgan fingerprint density at radius 3 is 2.59 bits per heavy atom. The van der Waals surface area contributed by atoms with Crippen molar-refractivity contribution in [3.63, 3.8) is 0 Å². The molecule has 1 saturated heterocycles. The highest BCUT2D eigenvalue weighted by atomic mass is 35.5. The van der Waals surface area contributed by atoms with Gasteiger partial charge in [-0.3, -0.25) is 4.90 Å². The summed E-state index contributed by atoms with van der Waals surface area (Å²) in [6.45, 7) is 3.02. The van der Waals surface area contributed by atoms with E-state index in [2.05, 4.69) is 17.0 Å². The Morgan fingerprint density at radius 2 is 1.89 bits per heavy atom. The van der Waals surface area contributed by atoms with Gasteiger partial charge >= 0.3 is 0 Å². The predicted molar refractivity (Wildman–Crippen MR) is 115 cm³/mol. The minimum absolute atomic E-state index is 0. The van der Waals surface area contributed by atoms with Crippen LogP contribution in [0, 0.1) is 11.8 Å². The molecule has 3 fully saturated rings. The average Bonchev–Trinajstić information content (AvgIpc) is 2.59. The van der Waals surface area contributed by atoms with E-state index in [1.165, 1.54) is 82.0 Å². The van der Waals surface area contributed by atoms with Crippen LogP contribution in [0.1, 0.15) is 68.1 Å². The van der Waals surface area contributed by atoms with Gasteiger partial charge in [0.25, 0.3) is 0 Å². The van der Waals surface area contributed by atoms with Gasteiger partial charge in [-0.05, 0) is 74.1 Å². The van der Waals surface area contributed by atoms with Crippen molar-refractivity contribution < 1.29 is 5.11 Å². The van der Waals surface area contributed by atoms with E-state index in [9.17, 15) is 5.11 Å². The summed E-state index contributed by atoms with van der Waals surface area (Å²) in [5.74, 6) is 2.18. The molecule has 152 valence electrons. The van der Waals surface area contributed by atoms with Crippen LogP contribution in [0.2, 0.25) is 0 Å². The lowest BCUT2D eigenvalue weighted by molar-refractivity contribution is -0.0240. The molecule has 3 nitrogen and oxygen atoms in total. The number of phenols is 1. The smallest absolute Gasteiger partial charge is 0.120 e. The molecule has 2 saturated carbocycles. The molecule has 3 N–H and O–H groups in total. The first-order valence-electron chi connectivity index (χ1n) is 10.5. The molecule has 5 heteroatoms. The lowest BCUT2D eigenvalue weighted by Crippen LogP contribution is -2.61. The van der Waals surface area contributed by atoms with E-state index in [-0.39, 0.29) is 24.8 Å². The number of nitrogens with two attached hydrogens (primary N) is 1. The average molecular weight is 413 g/mol. The zero-order valence-corrected chi connectivity index (χ0v) is 17.8. The number of phenolic OH excluding ortho intramolecular Hbond substituents is 1. The number of piperidine rings is 1. The zero-order valence-electron chi connectivity index (χ0n) is 16.2. The second-order valence-corrected chi connectivity index (χ2v) is 9.16. The van der Waals surface area contributed by atoms with E-state index in [0.29, 0.717) is 17.7 Å². The molecule has 0 spiro atoms. The molecule has 1 aromatic rings. The summed E-state index contributed by atoms with van der Waals surface area (Å²) in [5.41, 5.74) is 10.1. The zero-order chi connectivity index (χ0) is 17.0. The van der Waals surface area contributed by atoms with Crippen molar-refractivity contribution in [2.45, 2.75) is 75.8 Å². The maximum atomic E-state index is 10.5. The number of fused-ring (bicyclic) bond motifs is 1. The first-order chi connectivity index (χ1) is 12.2. The number of halogens is 2. The van der Waals surface area contributed by atoms with Crippen molar-refractivity contribution in [1.82, 2.24) is 4.90 Å². The maximum Gasteiger partial charge on any atom is 0.120 e. The largest absolute Gasteiger partial charge is 0.508 e. The van der Waals surface area contributed by atoms with Crippen LogP contribution in [-0.2, 0) is 18.4 Å². The van der Waals surface area contributed by atoms with Crippen LogP contribution in [0.15, 0.2) is 12.1 Å². The van der Waals surface area contributed by atoms with Crippen LogP contribution in [0.5, 0.6) is 5.75 Å². The van der Waals surface area contributed by atoms with Crippen LogP contribution >= 0.6 is 24.8 Å². The quantitative estimate of drug-likeness (QED) is 0.764. The third kappa shape index (κ3) is 3.29. The van der Waals surface area contributed by atoms with E-state index < -0.39 is 0 Å². The monoisotopic (exact) mass is 412 g/mol. The van der Waals surface area contributed by atoms with Crippen LogP contribution in [-0.4, -0.2) is 29.1 Å². The fraction of sp³-hybridized carbons (Fsp3) is 0.727. The van der Waals surface area contributed by atoms with Gasteiger partial charge in [0.15, 0.2) is 0 Å². The number of benzene rings is 1. The number of hydrogen-bond donors (Lipinski definition) is 2. The molecule has 3 aliphatic carbocycles. The van der Waals surface area contributed by atoms with Gasteiger partial charge in [-0.15, -0.1) is 24.8 Å². The fourth-order valence-corrected chi connectivity index (χ4v) is 6.58. The summed E-state index contributed by atoms with van der Waals surface area (Å²) in [6.07, 6.45) is 12.2. The first kappa shape index (κ1) is 21.2. The molecule has 1 heterocycles. The Labute approximate surface area is 175 Å². The second kappa shape index (κ2) is 8.10. The van der Waals surface area contributed by atoms with Crippen molar-refractivity contribution in [3.8, 4) is 5.75 Å². The van der Waals surface area contributed by atoms with Gasteiger partial charge in [-0.1, -0.05) is 25.3 Å². The standard InChI is InChI=1S/C22H32N2O.2ClH/c23-13-17-10-16-11-20-18-6-1-2-7-22(18,19(16)12-21(17)25)8-9-24(20)14-15-4-3-5-15;;/h10,12,15,18,20,25H,1-9,11,13-14,23H2;2*1H/t18-,20+,22+;;/m0../s1. The fourth-order valence-electron chi connectivity index (χ4n) is 6.58. The van der Waals surface area contributed by atoms with Crippen LogP contribution in [0.25, 0.3) is 0 Å². The highest BCUT2D eigenvalue weighted by Crippen LogP contribution is 2.56. The highest BCUT2D eigenvalue weighted by Gasteiger charge is 2.54. The highest BCUT2D eigenvalue weighted by molar-refractivity contribution is 5.85. The summed E-state index contributed by atoms with van der Waals surface area (Å²) in [7, 11) is 0. The maximum absolute atomic E-state index is 10.5. The van der Waals surface area contributed by atoms with E-state index in [1.807, 2.05) is 0 Å². The summed E-state index contributed by atoms with van der Waals surface area (Å²) in [6, 6.07) is 5.06. The molecule has 2 bridgehead atoms. The molecule has 0 unspecified atom stereocenters. The van der Waals surface area contributed by atoms with E-state index in [4.69, 9.17) is 5.73 Å². The number of likely N-dealkylation sites (tertiary alicyclic amines) is 1. The number of hydrogen-bond acceptors (Lipinski definition) is 3. The Morgan fingerprint density at radius 1 is 1.07 bits per heavy atom. The molecule has 0 amide bonds. The Hall–Kier alpha value is -0.480. The number of rotatable bonds is 3. The van der Waals surface area contributed by atoms with Gasteiger partial charge in [0.2, 0.25) is 0 Å². The third-order valence-electron chi connectivity index (χ3n) is 8.08. The SMILES string of the molecule is Cl.Cl.NCc1cc2c(cc1O)[C@@]13CCCC[C@H]1[C@@H](C2)N(CC1CCC1)CC3. The van der Waals surface area contributed by atoms with Gasteiger partial charge in [0.05, 0.1) is 0 Å². The molecule has 27 heavy (non-hydrogen) atoms. The van der Waals surface area contributed by atoms with Gasteiger partial charge in [-0.2, -0.15) is 0 Å². The first-order valence-corrected chi connectivity index (χ1v) is 10.5. The molecule has 4 aliphatic rings. The van der Waals surface area contributed by atoms with Gasteiger partial charge in [-0.25, -0.2) is 0 Å². The van der Waals surface area contributed by atoms with Crippen molar-refractivity contribution in [2.75, 3.05) is 13.1 Å². The lowest BCUT2D eigenvalue weighted by atomic mass is 9.52. The summed E-state index contributed by atoms with van der Waals surface area (Å²) in [5, 5.41) is 10.5. The van der Waals surface area contributed by atoms with Gasteiger partial charge < -0.3 is 10.8 Å². The van der Waals surface area contributed by atoms with Crippen molar-refractivity contribution in [2.24, 2.45) is 17.6 Å². The normalized spacial score (nSPS) is 32.3. The van der Waals surface area contributed by atoms with E-state index in [1.54, 1.807) is 0 Å². The predicted octanol–water partition coefficient (Wildman–Crippen LogP) is 4.55. The molecule has 1 aliphatic heterocycles. The molecule has 1 aromatic carbocycles. The van der Waals surface area contributed by atoms with Gasteiger partial charge in [0, 0.05) is 30.1 Å². The second-order valence-electron chi connectivity index (χ2n) is 9.16. The summed E-state index contributed by atoms with van der Waals surface area (Å²) in [4.78, 5) is 2.86. The molecular formula is C22H34Cl2N2O. The van der Waals surface area contributed by atoms with E-state index in [0.717, 1.165) is 23.4 Å². The minimum Gasteiger partial charge on any atom is -0.508 e. The number of nitrogens with zero attached hydrogens (tertiary/aromatic N) is 1. The summed E-state index contributed by atoms with van der Waals surface area (Å²) < 4.78 is 0.